The molecule has 0 bridgehead atoms. The number of hydrogen-bond acceptors (Lipinski definition) is 3. The van der Waals surface area contributed by atoms with Crippen LogP contribution in [0.4, 0.5) is 0 Å². The predicted molar refractivity (Wildman–Crippen MR) is 74.6 cm³/mol. The molecule has 2 nitrogen and oxygen atoms in total. The van der Waals surface area contributed by atoms with Gasteiger partial charge in [-0.1, -0.05) is 18.2 Å². The summed E-state index contributed by atoms with van der Waals surface area (Å²) in [5.41, 5.74) is 0. The van der Waals surface area contributed by atoms with Gasteiger partial charge in [0.25, 0.3) is 0 Å². The third kappa shape index (κ3) is 3.06. The van der Waals surface area contributed by atoms with Gasteiger partial charge in [-0.15, -0.1) is 11.3 Å². The second-order valence-electron chi connectivity index (χ2n) is 4.66. The van der Waals surface area contributed by atoms with Crippen LogP contribution in [0.15, 0.2) is 30.3 Å². The summed E-state index contributed by atoms with van der Waals surface area (Å²) in [6, 6.07) is 11.7. The zero-order chi connectivity index (χ0) is 11.5. The summed E-state index contributed by atoms with van der Waals surface area (Å²) in [7, 11) is 0. The average molecular weight is 246 g/mol. The smallest absolute Gasteiger partial charge is 0.0346 e. The summed E-state index contributed by atoms with van der Waals surface area (Å²) in [5.74, 6) is 0. The van der Waals surface area contributed by atoms with E-state index in [-0.39, 0.29) is 0 Å². The Kier molecular flexibility index (Phi) is 3.41. The summed E-state index contributed by atoms with van der Waals surface area (Å²) in [5, 5.41) is 8.37. The van der Waals surface area contributed by atoms with Gasteiger partial charge in [0.2, 0.25) is 0 Å². The maximum Gasteiger partial charge on any atom is 0.0346 e. The minimum absolute atomic E-state index is 0.820. The molecule has 1 aliphatic carbocycles. The standard InChI is InChI=1S/C14H18N2S/c1-2-4-14-11(3-1)9-13(17-14)10-15-7-8-16-12-5-6-12/h1-4,9,12,15-16H,5-8,10H2. The Balaban J connectivity index is 1.46. The van der Waals surface area contributed by atoms with Gasteiger partial charge in [0.1, 0.15) is 0 Å². The van der Waals surface area contributed by atoms with Crippen molar-refractivity contribution in [1.29, 1.82) is 0 Å². The van der Waals surface area contributed by atoms with Gasteiger partial charge in [0.15, 0.2) is 0 Å². The normalized spacial score (nSPS) is 15.5. The molecule has 0 radical (unpaired) electrons. The van der Waals surface area contributed by atoms with Crippen molar-refractivity contribution in [2.45, 2.75) is 25.4 Å². The topological polar surface area (TPSA) is 24.1 Å². The molecule has 1 aliphatic rings. The van der Waals surface area contributed by atoms with Crippen LogP contribution >= 0.6 is 11.3 Å². The van der Waals surface area contributed by atoms with Crippen LogP contribution in [0, 0.1) is 0 Å². The Morgan fingerprint density at radius 3 is 2.88 bits per heavy atom. The second-order valence-corrected chi connectivity index (χ2v) is 5.82. The molecular weight excluding hydrogens is 228 g/mol. The Bertz CT molecular complexity index is 455. The minimum Gasteiger partial charge on any atom is -0.313 e. The molecule has 0 aliphatic heterocycles. The lowest BCUT2D eigenvalue weighted by Crippen LogP contribution is -2.28. The van der Waals surface area contributed by atoms with Crippen LogP contribution in [0.1, 0.15) is 17.7 Å². The first-order valence-electron chi connectivity index (χ1n) is 6.33. The highest BCUT2D eigenvalue weighted by molar-refractivity contribution is 7.19. The molecule has 2 aromatic rings. The van der Waals surface area contributed by atoms with Crippen LogP contribution < -0.4 is 10.6 Å². The lowest BCUT2D eigenvalue weighted by molar-refractivity contribution is 0.611. The van der Waals surface area contributed by atoms with E-state index in [4.69, 9.17) is 0 Å². The highest BCUT2D eigenvalue weighted by Gasteiger charge is 2.19. The molecule has 3 rings (SSSR count). The Morgan fingerprint density at radius 2 is 2.06 bits per heavy atom. The van der Waals surface area contributed by atoms with Gasteiger partial charge in [-0.3, -0.25) is 0 Å². The van der Waals surface area contributed by atoms with E-state index in [1.807, 2.05) is 11.3 Å². The van der Waals surface area contributed by atoms with Gasteiger partial charge in [-0.25, -0.2) is 0 Å². The lowest BCUT2D eigenvalue weighted by Gasteiger charge is -2.03. The number of hydrogen-bond donors (Lipinski definition) is 2. The SMILES string of the molecule is c1ccc2sc(CNCCNC3CC3)cc2c1. The third-order valence-electron chi connectivity index (χ3n) is 3.09. The first kappa shape index (κ1) is 11.2. The van der Waals surface area contributed by atoms with Gasteiger partial charge < -0.3 is 10.6 Å². The van der Waals surface area contributed by atoms with Crippen LogP contribution in [0.2, 0.25) is 0 Å². The van der Waals surface area contributed by atoms with Gasteiger partial charge in [0.05, 0.1) is 0 Å². The zero-order valence-electron chi connectivity index (χ0n) is 9.91. The maximum absolute atomic E-state index is 3.51. The zero-order valence-corrected chi connectivity index (χ0v) is 10.7. The van der Waals surface area contributed by atoms with E-state index >= 15 is 0 Å². The van der Waals surface area contributed by atoms with Crippen LogP contribution in [0.3, 0.4) is 0 Å². The number of thiophene rings is 1. The molecule has 1 aromatic carbocycles. The van der Waals surface area contributed by atoms with Crippen LogP contribution in [-0.4, -0.2) is 19.1 Å². The third-order valence-corrected chi connectivity index (χ3v) is 4.20. The van der Waals surface area contributed by atoms with Crippen molar-refractivity contribution in [3.63, 3.8) is 0 Å². The van der Waals surface area contributed by atoms with Crippen molar-refractivity contribution in [3.8, 4) is 0 Å². The fourth-order valence-electron chi connectivity index (χ4n) is 1.99. The van der Waals surface area contributed by atoms with Gasteiger partial charge in [-0.05, 0) is 30.4 Å². The lowest BCUT2D eigenvalue weighted by atomic mass is 10.2. The summed E-state index contributed by atoms with van der Waals surface area (Å²) in [6.45, 7) is 3.14. The average Bonchev–Trinajstić information content (AvgIpc) is 3.07. The quantitative estimate of drug-likeness (QED) is 0.766. The molecule has 2 N–H and O–H groups in total. The van der Waals surface area contributed by atoms with E-state index in [2.05, 4.69) is 41.0 Å². The highest BCUT2D eigenvalue weighted by Crippen LogP contribution is 2.24. The molecule has 0 unspecified atom stereocenters. The predicted octanol–water partition coefficient (Wildman–Crippen LogP) is 2.74. The summed E-state index contributed by atoms with van der Waals surface area (Å²) >= 11 is 1.89. The monoisotopic (exact) mass is 246 g/mol. The molecule has 1 heterocycles. The van der Waals surface area contributed by atoms with Crippen LogP contribution in [0.25, 0.3) is 10.1 Å². The van der Waals surface area contributed by atoms with E-state index in [0.29, 0.717) is 0 Å². The highest BCUT2D eigenvalue weighted by atomic mass is 32.1. The van der Waals surface area contributed by atoms with E-state index < -0.39 is 0 Å². The van der Waals surface area contributed by atoms with Gasteiger partial charge in [0, 0.05) is 35.3 Å². The van der Waals surface area contributed by atoms with E-state index in [1.165, 1.54) is 27.8 Å². The molecule has 0 amide bonds. The molecule has 17 heavy (non-hydrogen) atoms. The molecule has 3 heteroatoms. The molecule has 0 atom stereocenters. The van der Waals surface area contributed by atoms with Crippen molar-refractivity contribution >= 4 is 21.4 Å². The fraction of sp³-hybridized carbons (Fsp3) is 0.429. The first-order valence-corrected chi connectivity index (χ1v) is 7.15. The molecular formula is C14H18N2S. The van der Waals surface area contributed by atoms with E-state index in [9.17, 15) is 0 Å². The molecule has 0 spiro atoms. The van der Waals surface area contributed by atoms with Crippen molar-refractivity contribution in [2.75, 3.05) is 13.1 Å². The summed E-state index contributed by atoms with van der Waals surface area (Å²) < 4.78 is 1.39. The second kappa shape index (κ2) is 5.17. The minimum atomic E-state index is 0.820. The molecule has 0 saturated heterocycles. The van der Waals surface area contributed by atoms with Crippen molar-refractivity contribution in [2.24, 2.45) is 0 Å². The molecule has 1 fully saturated rings. The van der Waals surface area contributed by atoms with Crippen LogP contribution in [0.5, 0.6) is 0 Å². The van der Waals surface area contributed by atoms with Gasteiger partial charge >= 0.3 is 0 Å². The van der Waals surface area contributed by atoms with Crippen molar-refractivity contribution in [3.05, 3.63) is 35.2 Å². The van der Waals surface area contributed by atoms with Gasteiger partial charge in [-0.2, -0.15) is 0 Å². The first-order chi connectivity index (χ1) is 8.42. The Hall–Kier alpha value is -0.900. The number of rotatable bonds is 6. The van der Waals surface area contributed by atoms with Crippen LogP contribution in [-0.2, 0) is 6.54 Å². The van der Waals surface area contributed by atoms with Crippen molar-refractivity contribution < 1.29 is 0 Å². The van der Waals surface area contributed by atoms with E-state index in [0.717, 1.165) is 25.7 Å². The molecule has 1 aromatic heterocycles. The Morgan fingerprint density at radius 1 is 1.18 bits per heavy atom. The largest absolute Gasteiger partial charge is 0.313 e. The Labute approximate surface area is 106 Å². The van der Waals surface area contributed by atoms with Crippen molar-refractivity contribution in [1.82, 2.24) is 10.6 Å². The maximum atomic E-state index is 3.51. The molecule has 90 valence electrons. The number of benzene rings is 1. The number of nitrogens with one attached hydrogen (secondary N) is 2. The molecule has 1 saturated carbocycles. The van der Waals surface area contributed by atoms with E-state index in [1.54, 1.807) is 0 Å². The fourth-order valence-corrected chi connectivity index (χ4v) is 3.02. The summed E-state index contributed by atoms with van der Waals surface area (Å²) in [4.78, 5) is 1.43. The number of fused-ring (bicyclic) bond motifs is 1. The summed E-state index contributed by atoms with van der Waals surface area (Å²) in [6.07, 6.45) is 2.74.